The van der Waals surface area contributed by atoms with E-state index in [1.165, 1.54) is 6.07 Å². The lowest BCUT2D eigenvalue weighted by Gasteiger charge is -2.40. The molecule has 3 heterocycles. The van der Waals surface area contributed by atoms with Gasteiger partial charge < -0.3 is 0 Å². The number of hydrogen-bond acceptors (Lipinski definition) is 4. The lowest BCUT2D eigenvalue weighted by molar-refractivity contribution is -0.141. The van der Waals surface area contributed by atoms with Gasteiger partial charge in [-0.25, -0.2) is 8.42 Å². The van der Waals surface area contributed by atoms with Gasteiger partial charge in [0.25, 0.3) is 0 Å². The first-order valence-electron chi connectivity index (χ1n) is 10.1. The van der Waals surface area contributed by atoms with Crippen LogP contribution in [0.2, 0.25) is 0 Å². The monoisotopic (exact) mass is 419 g/mol. The third-order valence-corrected chi connectivity index (χ3v) is 8.75. The molecule has 2 aliphatic heterocycles. The zero-order valence-corrected chi connectivity index (χ0v) is 17.2. The van der Waals surface area contributed by atoms with Crippen LogP contribution in [0.25, 0.3) is 0 Å². The summed E-state index contributed by atoms with van der Waals surface area (Å²) in [5, 5.41) is 3.85. The van der Waals surface area contributed by atoms with Gasteiger partial charge in [0.05, 0.1) is 11.5 Å². The van der Waals surface area contributed by atoms with Crippen LogP contribution in [0.15, 0.2) is 6.07 Å². The Morgan fingerprint density at radius 2 is 1.96 bits per heavy atom. The van der Waals surface area contributed by atoms with Crippen LogP contribution < -0.4 is 0 Å². The first kappa shape index (κ1) is 20.2. The van der Waals surface area contributed by atoms with E-state index in [0.717, 1.165) is 45.2 Å². The first-order chi connectivity index (χ1) is 13.0. The number of aromatic nitrogens is 2. The maximum Gasteiger partial charge on any atom is 0.435 e. The smallest absolute Gasteiger partial charge is 0.300 e. The van der Waals surface area contributed by atoms with E-state index < -0.39 is 21.7 Å². The Morgan fingerprint density at radius 3 is 2.57 bits per heavy atom. The van der Waals surface area contributed by atoms with E-state index >= 15 is 0 Å². The van der Waals surface area contributed by atoms with Gasteiger partial charge in [-0.3, -0.25) is 9.58 Å². The van der Waals surface area contributed by atoms with Gasteiger partial charge in [-0.2, -0.15) is 18.3 Å². The summed E-state index contributed by atoms with van der Waals surface area (Å²) in [6.45, 7) is 5.42. The molecule has 2 saturated heterocycles. The maximum absolute atomic E-state index is 13.2. The van der Waals surface area contributed by atoms with Gasteiger partial charge in [0, 0.05) is 35.7 Å². The molecule has 0 radical (unpaired) electrons. The zero-order valence-electron chi connectivity index (χ0n) is 16.4. The summed E-state index contributed by atoms with van der Waals surface area (Å²) in [7, 11) is -2.85. The standard InChI is InChI=1S/C19H28F3N3O2S/c1-13(2)25-16(9-17(23-25)19(20,21)22)14-4-3-5-15(8-14)24-7-6-18(10-24)11-28(26,27)12-18/h9,13-15H,3-8,10-12H2,1-2H3/t14-,15-/m0/s1. The number of sulfone groups is 1. The van der Waals surface area contributed by atoms with E-state index in [2.05, 4.69) is 10.00 Å². The Bertz CT molecular complexity index is 835. The van der Waals surface area contributed by atoms with Crippen molar-refractivity contribution in [3.05, 3.63) is 17.5 Å². The highest BCUT2D eigenvalue weighted by atomic mass is 32.2. The predicted molar refractivity (Wildman–Crippen MR) is 99.9 cm³/mol. The normalized spacial score (nSPS) is 30.1. The fraction of sp³-hybridized carbons (Fsp3) is 0.842. The number of halogens is 3. The maximum atomic E-state index is 13.2. The molecule has 9 heteroatoms. The molecule has 1 spiro atoms. The van der Waals surface area contributed by atoms with E-state index in [4.69, 9.17) is 0 Å². The van der Waals surface area contributed by atoms with Crippen LogP contribution in [0.4, 0.5) is 13.2 Å². The molecule has 5 nitrogen and oxygen atoms in total. The second-order valence-corrected chi connectivity index (χ2v) is 11.3. The highest BCUT2D eigenvalue weighted by Gasteiger charge is 2.53. The molecule has 2 atom stereocenters. The largest absolute Gasteiger partial charge is 0.435 e. The van der Waals surface area contributed by atoms with Crippen molar-refractivity contribution in [1.29, 1.82) is 0 Å². The van der Waals surface area contributed by atoms with Crippen LogP contribution in [0, 0.1) is 5.41 Å². The molecule has 1 aromatic heterocycles. The van der Waals surface area contributed by atoms with Crippen molar-refractivity contribution in [2.75, 3.05) is 24.6 Å². The average Bonchev–Trinajstić information content (AvgIpc) is 3.18. The lowest BCUT2D eigenvalue weighted by Crippen LogP contribution is -2.51. The van der Waals surface area contributed by atoms with Crippen molar-refractivity contribution >= 4 is 9.84 Å². The molecule has 1 aliphatic carbocycles. The molecule has 1 aromatic rings. The van der Waals surface area contributed by atoms with Crippen LogP contribution in [-0.4, -0.2) is 53.7 Å². The van der Waals surface area contributed by atoms with Gasteiger partial charge in [0.2, 0.25) is 0 Å². The highest BCUT2D eigenvalue weighted by molar-refractivity contribution is 7.92. The van der Waals surface area contributed by atoms with Crippen LogP contribution in [0.5, 0.6) is 0 Å². The summed E-state index contributed by atoms with van der Waals surface area (Å²) < 4.78 is 64.4. The number of hydrogen-bond donors (Lipinski definition) is 0. The summed E-state index contributed by atoms with van der Waals surface area (Å²) in [6, 6.07) is 1.42. The molecule has 4 rings (SSSR count). The van der Waals surface area contributed by atoms with Crippen LogP contribution >= 0.6 is 0 Å². The summed E-state index contributed by atoms with van der Waals surface area (Å²) in [6.07, 6.45) is 0.177. The molecule has 158 valence electrons. The summed E-state index contributed by atoms with van der Waals surface area (Å²) >= 11 is 0. The number of likely N-dealkylation sites (tertiary alicyclic amines) is 1. The van der Waals surface area contributed by atoms with E-state index in [1.54, 1.807) is 4.68 Å². The van der Waals surface area contributed by atoms with Crippen LogP contribution in [0.1, 0.15) is 69.3 Å². The van der Waals surface area contributed by atoms with E-state index in [9.17, 15) is 21.6 Å². The Balaban J connectivity index is 1.50. The highest BCUT2D eigenvalue weighted by Crippen LogP contribution is 2.45. The Labute approximate surface area is 164 Å². The molecule has 3 fully saturated rings. The van der Waals surface area contributed by atoms with E-state index in [-0.39, 0.29) is 17.4 Å². The first-order valence-corrected chi connectivity index (χ1v) is 11.9. The van der Waals surface area contributed by atoms with Gasteiger partial charge in [-0.15, -0.1) is 0 Å². The Kier molecular flexibility index (Phi) is 4.85. The van der Waals surface area contributed by atoms with Gasteiger partial charge in [-0.05, 0) is 52.1 Å². The second-order valence-electron chi connectivity index (χ2n) is 9.26. The fourth-order valence-electron chi connectivity index (χ4n) is 5.44. The van der Waals surface area contributed by atoms with E-state index in [1.807, 2.05) is 13.8 Å². The quantitative estimate of drug-likeness (QED) is 0.751. The SMILES string of the molecule is CC(C)n1nc(C(F)(F)F)cc1[C@H]1CCC[C@H](N2CCC3(C2)CS(=O)(=O)C3)C1. The third-order valence-electron chi connectivity index (χ3n) is 6.65. The second kappa shape index (κ2) is 6.72. The molecular formula is C19H28F3N3O2S. The van der Waals surface area contributed by atoms with Crippen molar-refractivity contribution in [2.24, 2.45) is 5.41 Å². The zero-order chi connectivity index (χ0) is 20.3. The van der Waals surface area contributed by atoms with Crippen molar-refractivity contribution < 1.29 is 21.6 Å². The molecule has 1 saturated carbocycles. The molecule has 0 N–H and O–H groups in total. The van der Waals surface area contributed by atoms with Crippen molar-refractivity contribution in [3.63, 3.8) is 0 Å². The van der Waals surface area contributed by atoms with Gasteiger partial charge >= 0.3 is 6.18 Å². The number of rotatable bonds is 3. The van der Waals surface area contributed by atoms with Crippen molar-refractivity contribution in [3.8, 4) is 0 Å². The molecule has 0 amide bonds. The third kappa shape index (κ3) is 3.72. The van der Waals surface area contributed by atoms with Crippen molar-refractivity contribution in [1.82, 2.24) is 14.7 Å². The summed E-state index contributed by atoms with van der Waals surface area (Å²) in [5.74, 6) is 0.648. The van der Waals surface area contributed by atoms with Gasteiger partial charge in [0.15, 0.2) is 15.5 Å². The predicted octanol–water partition coefficient (Wildman–Crippen LogP) is 3.63. The van der Waals surface area contributed by atoms with Gasteiger partial charge in [-0.1, -0.05) is 6.42 Å². The van der Waals surface area contributed by atoms with E-state index in [0.29, 0.717) is 23.2 Å². The summed E-state index contributed by atoms with van der Waals surface area (Å²) in [5.41, 5.74) is -0.195. The fourth-order valence-corrected chi connectivity index (χ4v) is 7.69. The van der Waals surface area contributed by atoms with Crippen LogP contribution in [-0.2, 0) is 16.0 Å². The number of alkyl halides is 3. The Morgan fingerprint density at radius 1 is 1.25 bits per heavy atom. The number of nitrogens with zero attached hydrogens (tertiary/aromatic N) is 3. The molecule has 0 unspecified atom stereocenters. The Hall–Kier alpha value is -1.09. The lowest BCUT2D eigenvalue weighted by atomic mass is 9.82. The topological polar surface area (TPSA) is 55.2 Å². The minimum absolute atomic E-state index is 0.0615. The van der Waals surface area contributed by atoms with Crippen molar-refractivity contribution in [2.45, 2.75) is 70.1 Å². The van der Waals surface area contributed by atoms with Crippen LogP contribution in [0.3, 0.4) is 0 Å². The molecule has 28 heavy (non-hydrogen) atoms. The molecular weight excluding hydrogens is 391 g/mol. The minimum atomic E-state index is -4.43. The summed E-state index contributed by atoms with van der Waals surface area (Å²) in [4.78, 5) is 2.39. The minimum Gasteiger partial charge on any atom is -0.300 e. The molecule has 0 bridgehead atoms. The molecule has 0 aromatic carbocycles. The average molecular weight is 420 g/mol. The van der Waals surface area contributed by atoms with Gasteiger partial charge in [0.1, 0.15) is 0 Å². The molecule has 3 aliphatic rings.